The summed E-state index contributed by atoms with van der Waals surface area (Å²) in [4.78, 5) is 16.8. The van der Waals surface area contributed by atoms with E-state index in [1.807, 2.05) is 29.7 Å². The summed E-state index contributed by atoms with van der Waals surface area (Å²) >= 11 is 0. The topological polar surface area (TPSA) is 90.5 Å². The maximum atomic E-state index is 14.4. The molecule has 5 rings (SSSR count). The first-order valence-electron chi connectivity index (χ1n) is 12.8. The van der Waals surface area contributed by atoms with E-state index in [9.17, 15) is 18.7 Å². The molecule has 38 heavy (non-hydrogen) atoms. The van der Waals surface area contributed by atoms with Crippen molar-refractivity contribution in [1.29, 1.82) is 0 Å². The van der Waals surface area contributed by atoms with E-state index in [2.05, 4.69) is 9.88 Å². The van der Waals surface area contributed by atoms with Crippen molar-refractivity contribution >= 4 is 33.6 Å². The molecule has 0 atom stereocenters. The molecule has 1 aliphatic carbocycles. The van der Waals surface area contributed by atoms with Crippen molar-refractivity contribution in [1.82, 2.24) is 14.1 Å². The van der Waals surface area contributed by atoms with Crippen LogP contribution in [-0.4, -0.2) is 65.1 Å². The van der Waals surface area contributed by atoms with Crippen molar-refractivity contribution in [2.75, 3.05) is 39.3 Å². The molecule has 1 aliphatic rings. The Hall–Kier alpha value is -3.50. The number of rotatable bonds is 10. The highest BCUT2D eigenvalue weighted by Gasteiger charge is 2.37. The predicted octanol–water partition coefficient (Wildman–Crippen LogP) is 5.20. The fourth-order valence-corrected chi connectivity index (χ4v) is 5.52. The number of aromatic carboxylic acids is 1. The first kappa shape index (κ1) is 26.1. The molecule has 0 spiro atoms. The average molecular weight is 527 g/mol. The maximum absolute atomic E-state index is 14.4. The molecular formula is C28H32F2N4O4. The Morgan fingerprint density at radius 1 is 1.13 bits per heavy atom. The van der Waals surface area contributed by atoms with Crippen molar-refractivity contribution in [3.63, 3.8) is 0 Å². The number of benzene rings is 2. The van der Waals surface area contributed by atoms with Crippen LogP contribution in [0, 0.1) is 0 Å². The fraction of sp³-hybridized carbons (Fsp3) is 0.429. The lowest BCUT2D eigenvalue weighted by Gasteiger charge is -2.23. The van der Waals surface area contributed by atoms with Crippen molar-refractivity contribution in [3.8, 4) is 11.4 Å². The molecule has 10 heteroatoms. The summed E-state index contributed by atoms with van der Waals surface area (Å²) in [5.41, 5.74) is 5.28. The number of halogens is 2. The van der Waals surface area contributed by atoms with Crippen LogP contribution in [0.1, 0.15) is 35.0 Å². The van der Waals surface area contributed by atoms with E-state index in [-0.39, 0.29) is 18.4 Å². The number of alkyl halides is 2. The maximum Gasteiger partial charge on any atom is 0.337 e. The van der Waals surface area contributed by atoms with Gasteiger partial charge in [0.2, 0.25) is 0 Å². The third-order valence-corrected chi connectivity index (χ3v) is 7.28. The van der Waals surface area contributed by atoms with E-state index in [1.54, 1.807) is 26.4 Å². The van der Waals surface area contributed by atoms with Crippen molar-refractivity contribution in [2.45, 2.75) is 45.2 Å². The Labute approximate surface area is 219 Å². The van der Waals surface area contributed by atoms with E-state index in [4.69, 9.17) is 14.5 Å². The summed E-state index contributed by atoms with van der Waals surface area (Å²) in [7, 11) is 3.20. The van der Waals surface area contributed by atoms with E-state index < -0.39 is 11.9 Å². The zero-order valence-electron chi connectivity index (χ0n) is 21.8. The predicted molar refractivity (Wildman–Crippen MR) is 143 cm³/mol. The van der Waals surface area contributed by atoms with Gasteiger partial charge < -0.3 is 29.0 Å². The minimum Gasteiger partial charge on any atom is -0.478 e. The van der Waals surface area contributed by atoms with Crippen molar-refractivity contribution in [3.05, 3.63) is 47.2 Å². The summed E-state index contributed by atoms with van der Waals surface area (Å²) in [5.74, 6) is -3.15. The Morgan fingerprint density at radius 3 is 2.63 bits per heavy atom. The van der Waals surface area contributed by atoms with Crippen molar-refractivity contribution < 1.29 is 28.2 Å². The number of aromatic nitrogens is 3. The van der Waals surface area contributed by atoms with Gasteiger partial charge in [0.15, 0.2) is 0 Å². The highest BCUT2D eigenvalue weighted by Crippen LogP contribution is 2.40. The van der Waals surface area contributed by atoms with E-state index in [0.29, 0.717) is 61.9 Å². The number of fused-ring (bicyclic) bond motifs is 4. The molecule has 202 valence electrons. The van der Waals surface area contributed by atoms with Crippen molar-refractivity contribution in [2.24, 2.45) is 0 Å². The first-order chi connectivity index (χ1) is 18.3. The highest BCUT2D eigenvalue weighted by molar-refractivity contribution is 6.00. The van der Waals surface area contributed by atoms with Gasteiger partial charge in [-0.15, -0.1) is 0 Å². The molecule has 2 aromatic heterocycles. The number of hydrogen-bond acceptors (Lipinski definition) is 5. The van der Waals surface area contributed by atoms with E-state index >= 15 is 0 Å². The van der Waals surface area contributed by atoms with Crippen LogP contribution in [0.25, 0.3) is 33.3 Å². The normalized spacial score (nSPS) is 14.8. The van der Waals surface area contributed by atoms with Crippen LogP contribution in [0.2, 0.25) is 0 Å². The SMILES string of the molecule is CCn1c2c(c3cc(-c4nc5cc(C(=O)O)c(NCCOC)cc5n4CCOC)ccc31)CC(F)(F)CC2. The third-order valence-electron chi connectivity index (χ3n) is 7.28. The Morgan fingerprint density at radius 2 is 1.92 bits per heavy atom. The van der Waals surface area contributed by atoms with Crippen LogP contribution in [0.5, 0.6) is 0 Å². The Balaban J connectivity index is 1.69. The van der Waals surface area contributed by atoms with E-state index in [1.165, 1.54) is 0 Å². The number of methoxy groups -OCH3 is 2. The molecule has 0 amide bonds. The second kappa shape index (κ2) is 10.3. The van der Waals surface area contributed by atoms with Gasteiger partial charge in [0.25, 0.3) is 5.92 Å². The number of hydrogen-bond donors (Lipinski definition) is 2. The molecular weight excluding hydrogens is 494 g/mol. The van der Waals surface area contributed by atoms with Gasteiger partial charge in [-0.25, -0.2) is 18.6 Å². The third kappa shape index (κ3) is 4.63. The summed E-state index contributed by atoms with van der Waals surface area (Å²) in [6.07, 6.45) is -0.0557. The summed E-state index contributed by atoms with van der Waals surface area (Å²) in [6, 6.07) is 9.23. The molecule has 0 saturated heterocycles. The highest BCUT2D eigenvalue weighted by atomic mass is 19.3. The molecule has 2 aromatic carbocycles. The average Bonchev–Trinajstić information content (AvgIpc) is 3.40. The van der Waals surface area contributed by atoms with Gasteiger partial charge in [0.05, 0.1) is 35.5 Å². The van der Waals surface area contributed by atoms with Crippen LogP contribution in [-0.2, 0) is 35.4 Å². The second-order valence-corrected chi connectivity index (χ2v) is 9.63. The van der Waals surface area contributed by atoms with Gasteiger partial charge in [-0.05, 0) is 49.2 Å². The van der Waals surface area contributed by atoms with Gasteiger partial charge in [0, 0.05) is 68.9 Å². The molecule has 0 fully saturated rings. The smallest absolute Gasteiger partial charge is 0.337 e. The molecule has 8 nitrogen and oxygen atoms in total. The monoisotopic (exact) mass is 526 g/mol. The number of carboxylic acids is 1. The van der Waals surface area contributed by atoms with E-state index in [0.717, 1.165) is 27.7 Å². The molecule has 0 unspecified atom stereocenters. The van der Waals surface area contributed by atoms with Gasteiger partial charge >= 0.3 is 5.97 Å². The number of ether oxygens (including phenoxy) is 2. The van der Waals surface area contributed by atoms with Gasteiger partial charge in [0.1, 0.15) is 5.82 Å². The lowest BCUT2D eigenvalue weighted by molar-refractivity contribution is -0.0125. The zero-order valence-corrected chi connectivity index (χ0v) is 21.8. The molecule has 2 N–H and O–H groups in total. The number of anilines is 1. The zero-order chi connectivity index (χ0) is 27.0. The number of carbonyl (C=O) groups is 1. The standard InChI is InChI=1S/C28H32F2N4O4/c1-4-33-23-6-5-17(13-18(23)20-16-28(29,30)8-7-24(20)33)26-32-22-14-19(27(35)36)21(31-9-11-37-2)15-25(22)34(26)10-12-38-3/h5-6,13-15,31H,4,7-12,16H2,1-3H3,(H,35,36). The molecule has 2 heterocycles. The number of imidazole rings is 1. The van der Waals surface area contributed by atoms with Gasteiger partial charge in [-0.1, -0.05) is 0 Å². The minimum atomic E-state index is -2.72. The quantitative estimate of drug-likeness (QED) is 0.276. The summed E-state index contributed by atoms with van der Waals surface area (Å²) < 4.78 is 43.5. The molecule has 0 aliphatic heterocycles. The Bertz CT molecular complexity index is 1510. The fourth-order valence-electron chi connectivity index (χ4n) is 5.52. The second-order valence-electron chi connectivity index (χ2n) is 9.63. The van der Waals surface area contributed by atoms with Crippen LogP contribution in [0.4, 0.5) is 14.5 Å². The van der Waals surface area contributed by atoms with Gasteiger partial charge in [-0.3, -0.25) is 0 Å². The Kier molecular flexibility index (Phi) is 7.11. The van der Waals surface area contributed by atoms with Crippen LogP contribution < -0.4 is 5.32 Å². The number of carboxylic acid groups (broad SMARTS) is 1. The van der Waals surface area contributed by atoms with Crippen LogP contribution in [0.15, 0.2) is 30.3 Å². The lowest BCUT2D eigenvalue weighted by Crippen LogP contribution is -2.26. The van der Waals surface area contributed by atoms with Gasteiger partial charge in [-0.2, -0.15) is 0 Å². The number of aryl methyl sites for hydroxylation is 1. The molecule has 4 aromatic rings. The first-order valence-corrected chi connectivity index (χ1v) is 12.8. The lowest BCUT2D eigenvalue weighted by atomic mass is 9.92. The largest absolute Gasteiger partial charge is 0.478 e. The van der Waals surface area contributed by atoms with Crippen LogP contribution >= 0.6 is 0 Å². The molecule has 0 radical (unpaired) electrons. The van der Waals surface area contributed by atoms with Crippen LogP contribution in [0.3, 0.4) is 0 Å². The number of nitrogens with one attached hydrogen (secondary N) is 1. The summed E-state index contributed by atoms with van der Waals surface area (Å²) in [6.45, 7) is 4.51. The number of nitrogens with zero attached hydrogens (tertiary/aromatic N) is 3. The minimum absolute atomic E-state index is 0.114. The molecule has 0 bridgehead atoms. The molecule has 0 saturated carbocycles. The summed E-state index contributed by atoms with van der Waals surface area (Å²) in [5, 5.41) is 13.8.